The van der Waals surface area contributed by atoms with Crippen molar-refractivity contribution in [1.29, 1.82) is 0 Å². The first kappa shape index (κ1) is 22.2. The number of piperidine rings is 3. The number of carboxylic acid groups (broad SMARTS) is 1. The highest BCUT2D eigenvalue weighted by molar-refractivity contribution is 6.04. The van der Waals surface area contributed by atoms with Crippen LogP contribution in [0.3, 0.4) is 0 Å². The standard InChI is InChI=1S/C27H28N4O3/c1-17-29-24(18-7-3-2-4-8-18)14-25(30-17)23-16-31-12-11-19(23)13-20(31)15-28-26(32)21-9-5-6-10-22(21)27(33)34/h2-10,14,19-20,23H,11-13,15-16H2,1H3,(H,28,32)(H,33,34). The summed E-state index contributed by atoms with van der Waals surface area (Å²) in [5.41, 5.74) is 3.38. The molecule has 3 saturated heterocycles. The number of aromatic carboxylic acids is 1. The number of rotatable bonds is 6. The zero-order valence-electron chi connectivity index (χ0n) is 19.1. The summed E-state index contributed by atoms with van der Waals surface area (Å²) in [5.74, 6) is 0.197. The highest BCUT2D eigenvalue weighted by atomic mass is 16.4. The van der Waals surface area contributed by atoms with Gasteiger partial charge in [-0.2, -0.15) is 0 Å². The monoisotopic (exact) mass is 456 g/mol. The van der Waals surface area contributed by atoms with E-state index in [0.717, 1.165) is 48.7 Å². The summed E-state index contributed by atoms with van der Waals surface area (Å²) in [6.45, 7) is 4.36. The van der Waals surface area contributed by atoms with Crippen LogP contribution in [-0.4, -0.2) is 57.5 Å². The number of carbonyl (C=O) groups excluding carboxylic acids is 1. The third kappa shape index (κ3) is 4.43. The van der Waals surface area contributed by atoms with E-state index in [1.54, 1.807) is 18.2 Å². The van der Waals surface area contributed by atoms with E-state index >= 15 is 0 Å². The Hall–Kier alpha value is -3.58. The predicted molar refractivity (Wildman–Crippen MR) is 129 cm³/mol. The van der Waals surface area contributed by atoms with Crippen molar-refractivity contribution in [3.05, 3.63) is 83.3 Å². The van der Waals surface area contributed by atoms with Crippen molar-refractivity contribution in [2.45, 2.75) is 31.7 Å². The highest BCUT2D eigenvalue weighted by Gasteiger charge is 2.41. The van der Waals surface area contributed by atoms with E-state index in [2.05, 4.69) is 33.4 Å². The van der Waals surface area contributed by atoms with Crippen molar-refractivity contribution in [1.82, 2.24) is 20.2 Å². The summed E-state index contributed by atoms with van der Waals surface area (Å²) < 4.78 is 0. The molecule has 3 fully saturated rings. The first-order chi connectivity index (χ1) is 16.5. The zero-order chi connectivity index (χ0) is 23.7. The topological polar surface area (TPSA) is 95.4 Å². The van der Waals surface area contributed by atoms with Gasteiger partial charge in [0.05, 0.1) is 16.8 Å². The molecule has 7 nitrogen and oxygen atoms in total. The summed E-state index contributed by atoms with van der Waals surface area (Å²) in [5, 5.41) is 12.3. The van der Waals surface area contributed by atoms with E-state index in [1.165, 1.54) is 6.07 Å². The second-order valence-corrected chi connectivity index (χ2v) is 9.19. The van der Waals surface area contributed by atoms with Crippen LogP contribution in [0.15, 0.2) is 60.7 Å². The SMILES string of the molecule is Cc1nc(-c2ccccc2)cc(C2CN3CCC2CC3CNC(=O)c2ccccc2C(=O)O)n1. The third-order valence-corrected chi connectivity index (χ3v) is 7.09. The number of aryl methyl sites for hydroxylation is 1. The van der Waals surface area contributed by atoms with E-state index in [1.807, 2.05) is 25.1 Å². The van der Waals surface area contributed by atoms with Crippen molar-refractivity contribution in [3.8, 4) is 11.3 Å². The van der Waals surface area contributed by atoms with Crippen molar-refractivity contribution in [2.24, 2.45) is 5.92 Å². The van der Waals surface area contributed by atoms with Gasteiger partial charge in [-0.25, -0.2) is 14.8 Å². The molecule has 34 heavy (non-hydrogen) atoms. The lowest BCUT2D eigenvalue weighted by Gasteiger charge is -2.49. The Labute approximate surface area is 198 Å². The molecule has 0 aliphatic carbocycles. The minimum atomic E-state index is -1.09. The quantitative estimate of drug-likeness (QED) is 0.587. The van der Waals surface area contributed by atoms with Gasteiger partial charge in [-0.05, 0) is 50.4 Å². The van der Waals surface area contributed by atoms with E-state index < -0.39 is 5.97 Å². The molecule has 174 valence electrons. The maximum absolute atomic E-state index is 12.7. The molecule has 4 unspecified atom stereocenters. The Morgan fingerprint density at radius 1 is 1.06 bits per heavy atom. The largest absolute Gasteiger partial charge is 0.478 e. The van der Waals surface area contributed by atoms with Gasteiger partial charge in [0.25, 0.3) is 5.91 Å². The fraction of sp³-hybridized carbons (Fsp3) is 0.333. The Balaban J connectivity index is 1.28. The molecule has 4 atom stereocenters. The maximum Gasteiger partial charge on any atom is 0.336 e. The number of amides is 1. The molecular weight excluding hydrogens is 428 g/mol. The van der Waals surface area contributed by atoms with Gasteiger partial charge in [-0.1, -0.05) is 42.5 Å². The average Bonchev–Trinajstić information content (AvgIpc) is 2.87. The van der Waals surface area contributed by atoms with Crippen LogP contribution in [0.5, 0.6) is 0 Å². The summed E-state index contributed by atoms with van der Waals surface area (Å²) in [4.78, 5) is 36.1. The number of hydrogen-bond donors (Lipinski definition) is 2. The first-order valence-corrected chi connectivity index (χ1v) is 11.7. The number of benzene rings is 2. The van der Waals surface area contributed by atoms with Gasteiger partial charge in [0, 0.05) is 36.3 Å². The molecule has 2 aromatic carbocycles. The minimum absolute atomic E-state index is 0.0267. The summed E-state index contributed by atoms with van der Waals surface area (Å²) in [7, 11) is 0. The van der Waals surface area contributed by atoms with Gasteiger partial charge in [0.15, 0.2) is 0 Å². The van der Waals surface area contributed by atoms with Gasteiger partial charge >= 0.3 is 5.97 Å². The van der Waals surface area contributed by atoms with E-state index in [-0.39, 0.29) is 23.1 Å². The minimum Gasteiger partial charge on any atom is -0.478 e. The molecule has 1 aromatic heterocycles. The Bertz CT molecular complexity index is 1210. The van der Waals surface area contributed by atoms with Crippen LogP contribution in [0.25, 0.3) is 11.3 Å². The van der Waals surface area contributed by atoms with E-state index in [9.17, 15) is 14.7 Å². The molecule has 3 aromatic rings. The lowest BCUT2D eigenvalue weighted by atomic mass is 9.74. The second kappa shape index (κ2) is 9.35. The van der Waals surface area contributed by atoms with Crippen molar-refractivity contribution in [2.75, 3.05) is 19.6 Å². The van der Waals surface area contributed by atoms with Crippen LogP contribution in [0.1, 0.15) is 51.0 Å². The van der Waals surface area contributed by atoms with Gasteiger partial charge in [0.2, 0.25) is 0 Å². The van der Waals surface area contributed by atoms with Crippen LogP contribution in [0.4, 0.5) is 0 Å². The van der Waals surface area contributed by atoms with Gasteiger partial charge in [0.1, 0.15) is 5.82 Å². The molecule has 7 heteroatoms. The van der Waals surface area contributed by atoms with Gasteiger partial charge < -0.3 is 10.4 Å². The van der Waals surface area contributed by atoms with Crippen LogP contribution >= 0.6 is 0 Å². The smallest absolute Gasteiger partial charge is 0.336 e. The van der Waals surface area contributed by atoms with Crippen LogP contribution in [0.2, 0.25) is 0 Å². The van der Waals surface area contributed by atoms with E-state index in [0.29, 0.717) is 18.4 Å². The average molecular weight is 457 g/mol. The number of nitrogens with zero attached hydrogens (tertiary/aromatic N) is 3. The molecule has 6 rings (SSSR count). The van der Waals surface area contributed by atoms with Gasteiger partial charge in [-0.3, -0.25) is 9.69 Å². The summed E-state index contributed by atoms with van der Waals surface area (Å²) in [6, 6.07) is 18.9. The maximum atomic E-state index is 12.7. The predicted octanol–water partition coefficient (Wildman–Crippen LogP) is 3.76. The van der Waals surface area contributed by atoms with Crippen LogP contribution in [-0.2, 0) is 0 Å². The summed E-state index contributed by atoms with van der Waals surface area (Å²) in [6.07, 6.45) is 2.09. The number of nitrogens with one attached hydrogen (secondary N) is 1. The normalized spacial score (nSPS) is 23.4. The molecular formula is C27H28N4O3. The second-order valence-electron chi connectivity index (χ2n) is 9.19. The van der Waals surface area contributed by atoms with E-state index in [4.69, 9.17) is 4.98 Å². The molecule has 0 spiro atoms. The molecule has 4 heterocycles. The Kier molecular flexibility index (Phi) is 6.11. The number of fused-ring (bicyclic) bond motifs is 3. The Morgan fingerprint density at radius 2 is 1.79 bits per heavy atom. The molecule has 3 aliphatic rings. The number of carbonyl (C=O) groups is 2. The number of carboxylic acids is 1. The molecule has 0 radical (unpaired) electrons. The van der Waals surface area contributed by atoms with Crippen molar-refractivity contribution in [3.63, 3.8) is 0 Å². The molecule has 2 N–H and O–H groups in total. The van der Waals surface area contributed by atoms with Crippen molar-refractivity contribution >= 4 is 11.9 Å². The first-order valence-electron chi connectivity index (χ1n) is 11.7. The lowest BCUT2D eigenvalue weighted by molar-refractivity contribution is 0.0290. The zero-order valence-corrected chi connectivity index (χ0v) is 19.1. The summed E-state index contributed by atoms with van der Waals surface area (Å²) >= 11 is 0. The molecule has 1 amide bonds. The van der Waals surface area contributed by atoms with Crippen LogP contribution in [0, 0.1) is 12.8 Å². The third-order valence-electron chi connectivity index (χ3n) is 7.09. The number of hydrogen-bond acceptors (Lipinski definition) is 5. The fourth-order valence-electron chi connectivity index (χ4n) is 5.40. The molecule has 3 aliphatic heterocycles. The fourth-order valence-corrected chi connectivity index (χ4v) is 5.40. The Morgan fingerprint density at radius 3 is 2.50 bits per heavy atom. The molecule has 0 saturated carbocycles. The van der Waals surface area contributed by atoms with Crippen LogP contribution < -0.4 is 5.32 Å². The van der Waals surface area contributed by atoms with Crippen molar-refractivity contribution < 1.29 is 14.7 Å². The lowest BCUT2D eigenvalue weighted by Crippen LogP contribution is -2.56. The molecule has 2 bridgehead atoms. The highest BCUT2D eigenvalue weighted by Crippen LogP contribution is 2.41. The van der Waals surface area contributed by atoms with Gasteiger partial charge in [-0.15, -0.1) is 0 Å². The number of aromatic nitrogens is 2.